The number of ether oxygens (including phenoxy) is 4. The minimum absolute atomic E-state index is 0.0451. The summed E-state index contributed by atoms with van der Waals surface area (Å²) < 4.78 is 76.7. The highest BCUT2D eigenvalue weighted by Crippen LogP contribution is 2.35. The van der Waals surface area contributed by atoms with Crippen molar-refractivity contribution in [3.8, 4) is 34.1 Å². The monoisotopic (exact) mass is 938 g/mol. The lowest BCUT2D eigenvalue weighted by molar-refractivity contribution is 0.356. The molecular weight excluding hydrogens is 885 g/mol. The highest BCUT2D eigenvalue weighted by molar-refractivity contribution is 7.89. The predicted octanol–water partition coefficient (Wildman–Crippen LogP) is 6.20. The number of sulfonamides is 2. The Kier molecular flexibility index (Phi) is 15.3. The summed E-state index contributed by atoms with van der Waals surface area (Å²) >= 11 is 0. The van der Waals surface area contributed by atoms with Crippen LogP contribution in [0.4, 0.5) is 23.5 Å². The molecule has 0 saturated heterocycles. The molecule has 0 fully saturated rings. The predicted molar refractivity (Wildman–Crippen MR) is 258 cm³/mol. The Morgan fingerprint density at radius 2 is 0.879 bits per heavy atom. The van der Waals surface area contributed by atoms with Gasteiger partial charge >= 0.3 is 0 Å². The summed E-state index contributed by atoms with van der Waals surface area (Å²) in [5.74, 6) is 3.21. The van der Waals surface area contributed by atoms with E-state index in [1.54, 1.807) is 60.7 Å². The Morgan fingerprint density at radius 3 is 1.27 bits per heavy atom. The molecule has 0 amide bonds. The minimum atomic E-state index is -3.66. The molecular formula is C46H54N10O8S2. The fraction of sp³-hybridized carbons (Fsp3) is 0.261. The number of hydrogen-bond acceptors (Lipinski definition) is 16. The molecule has 0 radical (unpaired) electrons. The first-order chi connectivity index (χ1) is 31.5. The lowest BCUT2D eigenvalue weighted by Crippen LogP contribution is -2.29. The average molecular weight is 939 g/mol. The first kappa shape index (κ1) is 48.5. The van der Waals surface area contributed by atoms with Crippen molar-refractivity contribution in [1.82, 2.24) is 29.4 Å². The second-order valence-corrected chi connectivity index (χ2v) is 19.2. The second kappa shape index (κ2) is 20.9. The number of nitrogens with one attached hydrogen (secondary N) is 4. The fourth-order valence-corrected chi connectivity index (χ4v) is 8.66. The third kappa shape index (κ3) is 11.8. The molecule has 2 aromatic heterocycles. The van der Waals surface area contributed by atoms with Gasteiger partial charge in [-0.15, -0.1) is 0 Å². The number of fused-ring (bicyclic) bond motifs is 2. The van der Waals surface area contributed by atoms with E-state index in [0.717, 1.165) is 16.7 Å². The van der Waals surface area contributed by atoms with Gasteiger partial charge in [-0.3, -0.25) is 0 Å². The molecule has 7 aromatic rings. The molecule has 7 rings (SSSR count). The van der Waals surface area contributed by atoms with Crippen LogP contribution in [-0.4, -0.2) is 91.4 Å². The first-order valence-corrected chi connectivity index (χ1v) is 23.5. The van der Waals surface area contributed by atoms with Crippen LogP contribution >= 0.6 is 0 Å². The van der Waals surface area contributed by atoms with Crippen molar-refractivity contribution in [3.05, 3.63) is 109 Å². The SMILES string of the molecule is COc1cc2nc(NCCNS(=O)(=O)c3ccc(-c4ccccc4)cc3)nc(N)c2cc1OC.COc1cc2nc(NCCNS(=O)(=O)c3ccc(C(C)(C)C)cc3)nc(N)c2cc1OC. The van der Waals surface area contributed by atoms with Gasteiger partial charge in [0, 0.05) is 49.1 Å². The summed E-state index contributed by atoms with van der Waals surface area (Å²) in [4.78, 5) is 17.8. The summed E-state index contributed by atoms with van der Waals surface area (Å²) in [6, 6.07) is 30.3. The molecule has 0 aliphatic carbocycles. The fourth-order valence-electron chi connectivity index (χ4n) is 6.59. The van der Waals surface area contributed by atoms with Crippen LogP contribution in [0.3, 0.4) is 0 Å². The van der Waals surface area contributed by atoms with Crippen molar-refractivity contribution in [2.45, 2.75) is 36.0 Å². The van der Waals surface area contributed by atoms with Crippen LogP contribution in [0.2, 0.25) is 0 Å². The summed E-state index contributed by atoms with van der Waals surface area (Å²) in [5, 5.41) is 7.25. The molecule has 0 spiro atoms. The maximum atomic E-state index is 12.6. The molecule has 0 aliphatic heterocycles. The van der Waals surface area contributed by atoms with Crippen LogP contribution in [0.15, 0.2) is 113 Å². The lowest BCUT2D eigenvalue weighted by Gasteiger charge is -2.19. The van der Waals surface area contributed by atoms with Crippen molar-refractivity contribution in [3.63, 3.8) is 0 Å². The number of nitrogens with two attached hydrogens (primary N) is 2. The summed E-state index contributed by atoms with van der Waals surface area (Å²) in [6.07, 6.45) is 0. The molecule has 20 heteroatoms. The number of anilines is 4. The smallest absolute Gasteiger partial charge is 0.240 e. The van der Waals surface area contributed by atoms with E-state index < -0.39 is 20.0 Å². The van der Waals surface area contributed by atoms with Gasteiger partial charge in [-0.05, 0) is 58.5 Å². The first-order valence-electron chi connectivity index (χ1n) is 20.6. The Bertz CT molecular complexity index is 3010. The standard InChI is InChI=1S/C24H25N5O4S.C22H29N5O4S/c1-32-21-14-19-20(15-22(21)33-2)28-24(29-23(19)25)26-12-13-27-34(30,31)18-10-8-17(9-11-18)16-6-4-3-5-7-16;1-22(2,3)14-6-8-15(9-7-14)32(28,29)25-11-10-24-21-26-17-13-19(31-5)18(30-4)12-16(17)20(23)27-21/h3-11,14-15,27H,12-13H2,1-2H3,(H3,25,26,28,29);6-9,12-13,25H,10-11H2,1-5H3,(H3,23,24,26,27). The van der Waals surface area contributed by atoms with E-state index in [1.165, 1.54) is 28.4 Å². The number of nitrogens with zero attached hydrogens (tertiary/aromatic N) is 4. The summed E-state index contributed by atoms with van der Waals surface area (Å²) in [6.45, 7) is 7.06. The van der Waals surface area contributed by atoms with Crippen LogP contribution in [0.1, 0.15) is 26.3 Å². The number of methoxy groups -OCH3 is 4. The second-order valence-electron chi connectivity index (χ2n) is 15.6. The van der Waals surface area contributed by atoms with Gasteiger partial charge in [0.25, 0.3) is 0 Å². The van der Waals surface area contributed by atoms with E-state index in [-0.39, 0.29) is 64.9 Å². The Hall–Kier alpha value is -7.00. The molecule has 2 heterocycles. The van der Waals surface area contributed by atoms with Gasteiger partial charge in [-0.25, -0.2) is 36.2 Å². The maximum absolute atomic E-state index is 12.6. The van der Waals surface area contributed by atoms with Gasteiger partial charge in [-0.1, -0.05) is 75.4 Å². The third-order valence-corrected chi connectivity index (χ3v) is 13.1. The van der Waals surface area contributed by atoms with Crippen LogP contribution in [0.5, 0.6) is 23.0 Å². The minimum Gasteiger partial charge on any atom is -0.493 e. The van der Waals surface area contributed by atoms with Gasteiger partial charge in [0.05, 0.1) is 49.3 Å². The van der Waals surface area contributed by atoms with E-state index >= 15 is 0 Å². The molecule has 5 aromatic carbocycles. The largest absolute Gasteiger partial charge is 0.493 e. The number of aromatic nitrogens is 4. The molecule has 66 heavy (non-hydrogen) atoms. The highest BCUT2D eigenvalue weighted by Gasteiger charge is 2.19. The molecule has 0 bridgehead atoms. The number of nitrogen functional groups attached to an aromatic ring is 2. The molecule has 0 saturated carbocycles. The molecule has 18 nitrogen and oxygen atoms in total. The molecule has 0 aliphatic rings. The zero-order valence-electron chi connectivity index (χ0n) is 37.7. The zero-order valence-corrected chi connectivity index (χ0v) is 39.3. The van der Waals surface area contributed by atoms with Gasteiger partial charge in [-0.2, -0.15) is 9.97 Å². The quantitative estimate of drug-likeness (QED) is 0.0555. The van der Waals surface area contributed by atoms with Crippen molar-refractivity contribution in [1.29, 1.82) is 0 Å². The van der Waals surface area contributed by atoms with E-state index in [4.69, 9.17) is 30.4 Å². The van der Waals surface area contributed by atoms with Crippen LogP contribution < -0.4 is 50.5 Å². The van der Waals surface area contributed by atoms with Gasteiger partial charge in [0.2, 0.25) is 31.9 Å². The van der Waals surface area contributed by atoms with Gasteiger partial charge in [0.1, 0.15) is 11.6 Å². The number of rotatable bonds is 17. The van der Waals surface area contributed by atoms with Crippen LogP contribution in [-0.2, 0) is 25.5 Å². The Labute approximate surface area is 384 Å². The molecule has 0 atom stereocenters. The van der Waals surface area contributed by atoms with E-state index in [0.29, 0.717) is 44.8 Å². The average Bonchev–Trinajstić information content (AvgIpc) is 3.31. The summed E-state index contributed by atoms with van der Waals surface area (Å²) in [7, 11) is -1.13. The molecule has 8 N–H and O–H groups in total. The summed E-state index contributed by atoms with van der Waals surface area (Å²) in [5.41, 5.74) is 16.3. The van der Waals surface area contributed by atoms with Crippen molar-refractivity contribution < 1.29 is 35.8 Å². The third-order valence-electron chi connectivity index (χ3n) is 10.2. The van der Waals surface area contributed by atoms with Gasteiger partial charge in [0.15, 0.2) is 23.0 Å². The normalized spacial score (nSPS) is 11.7. The van der Waals surface area contributed by atoms with E-state index in [9.17, 15) is 16.8 Å². The lowest BCUT2D eigenvalue weighted by atomic mass is 9.87. The molecule has 348 valence electrons. The van der Waals surface area contributed by atoms with Crippen molar-refractivity contribution in [2.75, 3.05) is 76.7 Å². The van der Waals surface area contributed by atoms with E-state index in [1.807, 2.05) is 42.5 Å². The van der Waals surface area contributed by atoms with Crippen molar-refractivity contribution >= 4 is 65.4 Å². The van der Waals surface area contributed by atoms with E-state index in [2.05, 4.69) is 60.8 Å². The van der Waals surface area contributed by atoms with Crippen LogP contribution in [0, 0.1) is 0 Å². The Morgan fingerprint density at radius 1 is 0.500 bits per heavy atom. The van der Waals surface area contributed by atoms with Gasteiger partial charge < -0.3 is 41.0 Å². The topological polar surface area (TPSA) is 257 Å². The molecule has 0 unspecified atom stereocenters. The van der Waals surface area contributed by atoms with Crippen LogP contribution in [0.25, 0.3) is 32.9 Å². The zero-order chi connectivity index (χ0) is 47.6. The Balaban J connectivity index is 0.000000219. The highest BCUT2D eigenvalue weighted by atomic mass is 32.2. The maximum Gasteiger partial charge on any atom is 0.240 e. The number of benzene rings is 5. The number of hydrogen-bond donors (Lipinski definition) is 6. The van der Waals surface area contributed by atoms with Crippen molar-refractivity contribution in [2.24, 2.45) is 0 Å².